The van der Waals surface area contributed by atoms with E-state index in [1.807, 2.05) is 13.8 Å². The van der Waals surface area contributed by atoms with Crippen LogP contribution in [-0.4, -0.2) is 15.5 Å². The van der Waals surface area contributed by atoms with Crippen molar-refractivity contribution in [3.63, 3.8) is 0 Å². The van der Waals surface area contributed by atoms with Gasteiger partial charge >= 0.3 is 0 Å². The Hall–Kier alpha value is 0.0700. The second kappa shape index (κ2) is 6.86. The summed E-state index contributed by atoms with van der Waals surface area (Å²) in [6.45, 7) is 6.00. The van der Waals surface area contributed by atoms with Crippen molar-refractivity contribution in [2.24, 2.45) is 17.8 Å². The molecular formula is C14H23IO2. The first kappa shape index (κ1) is 15.1. The average molecular weight is 350 g/mol. The molecule has 1 atom stereocenters. The minimum Gasteiger partial charge on any atom is -0.299 e. The molecule has 1 aliphatic rings. The van der Waals surface area contributed by atoms with Crippen LogP contribution in [0.3, 0.4) is 0 Å². The van der Waals surface area contributed by atoms with E-state index < -0.39 is 0 Å². The molecule has 1 unspecified atom stereocenters. The second-order valence-electron chi connectivity index (χ2n) is 5.38. The lowest BCUT2D eigenvalue weighted by atomic mass is 9.76. The van der Waals surface area contributed by atoms with Gasteiger partial charge in [0.1, 0.15) is 11.6 Å². The van der Waals surface area contributed by atoms with E-state index in [0.717, 1.165) is 32.1 Å². The van der Waals surface area contributed by atoms with Crippen LogP contribution in [0.1, 0.15) is 52.9 Å². The lowest BCUT2D eigenvalue weighted by Crippen LogP contribution is -2.31. The first-order valence-corrected chi connectivity index (χ1v) is 7.93. The topological polar surface area (TPSA) is 34.1 Å². The molecule has 0 spiro atoms. The summed E-state index contributed by atoms with van der Waals surface area (Å²) in [5, 5.41) is 0. The number of ketones is 2. The smallest absolute Gasteiger partial charge is 0.148 e. The Balaban J connectivity index is 2.46. The molecule has 17 heavy (non-hydrogen) atoms. The number of hydrogen-bond donors (Lipinski definition) is 0. The summed E-state index contributed by atoms with van der Waals surface area (Å²) >= 11 is 2.25. The predicted molar refractivity (Wildman–Crippen MR) is 78.4 cm³/mol. The Morgan fingerprint density at radius 1 is 1.06 bits per heavy atom. The SMILES string of the molecule is CCC(I)C(=O)C1CCC(C(=O)C(C)C)CC1. The molecule has 0 aromatic carbocycles. The zero-order chi connectivity index (χ0) is 13.0. The summed E-state index contributed by atoms with van der Waals surface area (Å²) < 4.78 is 0.162. The molecule has 0 bridgehead atoms. The van der Waals surface area contributed by atoms with E-state index in [0.29, 0.717) is 11.6 Å². The molecule has 1 saturated carbocycles. The Kier molecular flexibility index (Phi) is 6.10. The van der Waals surface area contributed by atoms with Gasteiger partial charge in [0, 0.05) is 17.8 Å². The third kappa shape index (κ3) is 4.04. The maximum absolute atomic E-state index is 12.0. The minimum atomic E-state index is 0.139. The quantitative estimate of drug-likeness (QED) is 0.558. The molecule has 0 amide bonds. The fraction of sp³-hybridized carbons (Fsp3) is 0.857. The van der Waals surface area contributed by atoms with Crippen molar-refractivity contribution in [2.45, 2.75) is 56.8 Å². The molecule has 0 radical (unpaired) electrons. The normalized spacial score (nSPS) is 26.9. The molecule has 1 aliphatic carbocycles. The Labute approximate surface area is 118 Å². The van der Waals surface area contributed by atoms with Gasteiger partial charge in [-0.3, -0.25) is 9.59 Å². The molecule has 0 aliphatic heterocycles. The van der Waals surface area contributed by atoms with Crippen LogP contribution >= 0.6 is 22.6 Å². The third-order valence-corrected chi connectivity index (χ3v) is 5.26. The van der Waals surface area contributed by atoms with Gasteiger partial charge in [-0.25, -0.2) is 0 Å². The molecule has 1 fully saturated rings. The predicted octanol–water partition coefficient (Wildman–Crippen LogP) is 3.80. The minimum absolute atomic E-state index is 0.139. The van der Waals surface area contributed by atoms with Crippen LogP contribution < -0.4 is 0 Å². The van der Waals surface area contributed by atoms with E-state index in [1.54, 1.807) is 0 Å². The van der Waals surface area contributed by atoms with Crippen molar-refractivity contribution in [1.29, 1.82) is 0 Å². The van der Waals surface area contributed by atoms with Gasteiger partial charge in [0.05, 0.1) is 3.92 Å². The summed E-state index contributed by atoms with van der Waals surface area (Å²) in [5.41, 5.74) is 0. The van der Waals surface area contributed by atoms with Crippen molar-refractivity contribution in [3.05, 3.63) is 0 Å². The summed E-state index contributed by atoms with van der Waals surface area (Å²) in [6, 6.07) is 0. The van der Waals surface area contributed by atoms with E-state index in [9.17, 15) is 9.59 Å². The van der Waals surface area contributed by atoms with Crippen molar-refractivity contribution in [3.8, 4) is 0 Å². The van der Waals surface area contributed by atoms with Crippen LogP contribution in [0, 0.1) is 17.8 Å². The first-order chi connectivity index (χ1) is 7.97. The van der Waals surface area contributed by atoms with Crippen LogP contribution in [0.15, 0.2) is 0 Å². The van der Waals surface area contributed by atoms with Crippen molar-refractivity contribution < 1.29 is 9.59 Å². The highest BCUT2D eigenvalue weighted by atomic mass is 127. The number of alkyl halides is 1. The number of Topliss-reactive ketones (excluding diaryl/α,β-unsaturated/α-hetero) is 2. The molecule has 3 heteroatoms. The van der Waals surface area contributed by atoms with Crippen molar-refractivity contribution in [2.75, 3.05) is 0 Å². The molecule has 0 aromatic rings. The van der Waals surface area contributed by atoms with Crippen LogP contribution in [0.4, 0.5) is 0 Å². The van der Waals surface area contributed by atoms with Gasteiger partial charge in [-0.05, 0) is 32.1 Å². The average Bonchev–Trinajstić information content (AvgIpc) is 2.36. The fourth-order valence-corrected chi connectivity index (χ4v) is 3.10. The highest BCUT2D eigenvalue weighted by Crippen LogP contribution is 2.33. The van der Waals surface area contributed by atoms with Gasteiger partial charge in [0.15, 0.2) is 0 Å². The van der Waals surface area contributed by atoms with Gasteiger partial charge in [-0.15, -0.1) is 0 Å². The zero-order valence-electron chi connectivity index (χ0n) is 11.0. The monoisotopic (exact) mass is 350 g/mol. The number of rotatable bonds is 5. The largest absolute Gasteiger partial charge is 0.299 e. The van der Waals surface area contributed by atoms with Crippen LogP contribution in [0.2, 0.25) is 0 Å². The maximum atomic E-state index is 12.0. The lowest BCUT2D eigenvalue weighted by Gasteiger charge is -2.28. The highest BCUT2D eigenvalue weighted by molar-refractivity contribution is 14.1. The van der Waals surface area contributed by atoms with E-state index in [4.69, 9.17) is 0 Å². The van der Waals surface area contributed by atoms with E-state index >= 15 is 0 Å². The summed E-state index contributed by atoms with van der Waals surface area (Å²) in [6.07, 6.45) is 4.59. The van der Waals surface area contributed by atoms with Gasteiger partial charge in [-0.2, -0.15) is 0 Å². The van der Waals surface area contributed by atoms with Crippen LogP contribution in [0.25, 0.3) is 0 Å². The second-order valence-corrected chi connectivity index (χ2v) is 6.89. The lowest BCUT2D eigenvalue weighted by molar-refractivity contribution is -0.129. The van der Waals surface area contributed by atoms with Crippen LogP contribution in [0.5, 0.6) is 0 Å². The molecule has 2 nitrogen and oxygen atoms in total. The number of hydrogen-bond acceptors (Lipinski definition) is 2. The van der Waals surface area contributed by atoms with E-state index in [1.165, 1.54) is 0 Å². The van der Waals surface area contributed by atoms with Gasteiger partial charge in [0.25, 0.3) is 0 Å². The summed E-state index contributed by atoms with van der Waals surface area (Å²) in [4.78, 5) is 23.9. The van der Waals surface area contributed by atoms with Gasteiger partial charge in [0.2, 0.25) is 0 Å². The molecular weight excluding hydrogens is 327 g/mol. The highest BCUT2D eigenvalue weighted by Gasteiger charge is 2.32. The van der Waals surface area contributed by atoms with Gasteiger partial charge in [-0.1, -0.05) is 43.4 Å². The maximum Gasteiger partial charge on any atom is 0.148 e. The van der Waals surface area contributed by atoms with Crippen molar-refractivity contribution in [1.82, 2.24) is 0 Å². The Morgan fingerprint density at radius 3 is 1.82 bits per heavy atom. The summed E-state index contributed by atoms with van der Waals surface area (Å²) in [5.74, 6) is 1.36. The third-order valence-electron chi connectivity index (χ3n) is 3.77. The zero-order valence-corrected chi connectivity index (χ0v) is 13.2. The molecule has 0 aromatic heterocycles. The number of halogens is 1. The molecule has 1 rings (SSSR count). The fourth-order valence-electron chi connectivity index (χ4n) is 2.59. The molecule has 0 saturated heterocycles. The van der Waals surface area contributed by atoms with E-state index in [2.05, 4.69) is 29.5 Å². The van der Waals surface area contributed by atoms with Crippen LogP contribution in [-0.2, 0) is 9.59 Å². The number of carbonyl (C=O) groups is 2. The van der Waals surface area contributed by atoms with E-state index in [-0.39, 0.29) is 21.7 Å². The van der Waals surface area contributed by atoms with Crippen molar-refractivity contribution >= 4 is 34.2 Å². The Morgan fingerprint density at radius 2 is 1.47 bits per heavy atom. The molecule has 98 valence electrons. The molecule has 0 heterocycles. The first-order valence-electron chi connectivity index (χ1n) is 6.68. The standard InChI is InChI=1S/C14H23IO2/c1-4-12(15)14(17)11-7-5-10(6-8-11)13(16)9(2)3/h9-12H,4-8H2,1-3H3. The van der Waals surface area contributed by atoms with Gasteiger partial charge < -0.3 is 0 Å². The Bertz CT molecular complexity index is 278. The molecule has 0 N–H and O–H groups in total. The number of carbonyl (C=O) groups excluding carboxylic acids is 2. The summed E-state index contributed by atoms with van der Waals surface area (Å²) in [7, 11) is 0.